The maximum absolute atomic E-state index is 14.9. The highest BCUT2D eigenvalue weighted by Gasteiger charge is 2.34. The fourth-order valence-corrected chi connectivity index (χ4v) is 4.13. The first-order valence-electron chi connectivity index (χ1n) is 10.5. The van der Waals surface area contributed by atoms with Crippen LogP contribution in [-0.4, -0.2) is 64.5 Å². The van der Waals surface area contributed by atoms with Gasteiger partial charge in [-0.1, -0.05) is 0 Å². The van der Waals surface area contributed by atoms with Crippen LogP contribution in [0.25, 0.3) is 0 Å². The maximum Gasteiger partial charge on any atom is 0.414 e. The van der Waals surface area contributed by atoms with Crippen LogP contribution in [0.4, 0.5) is 25.0 Å². The second-order valence-electron chi connectivity index (χ2n) is 8.14. The van der Waals surface area contributed by atoms with E-state index in [0.29, 0.717) is 31.3 Å². The Balaban J connectivity index is 1.40. The van der Waals surface area contributed by atoms with Gasteiger partial charge in [0.25, 0.3) is 0 Å². The molecule has 10 nitrogen and oxygen atoms in total. The second-order valence-corrected chi connectivity index (χ2v) is 8.14. The predicted octanol–water partition coefficient (Wildman–Crippen LogP) is 1.41. The number of tetrazole rings is 1. The number of nitrogens with one attached hydrogen (secondary N) is 1. The molecule has 2 aromatic rings. The molecule has 0 bridgehead atoms. The zero-order chi connectivity index (χ0) is 22.8. The van der Waals surface area contributed by atoms with Gasteiger partial charge in [-0.2, -0.15) is 4.80 Å². The van der Waals surface area contributed by atoms with Crippen molar-refractivity contribution in [3.8, 4) is 0 Å². The largest absolute Gasteiger partial charge is 0.442 e. The molecule has 32 heavy (non-hydrogen) atoms. The molecule has 4 rings (SSSR count). The molecule has 12 heteroatoms. The van der Waals surface area contributed by atoms with Crippen LogP contribution in [0.15, 0.2) is 12.1 Å². The van der Waals surface area contributed by atoms with E-state index in [1.807, 2.05) is 0 Å². The minimum absolute atomic E-state index is 0.0858. The van der Waals surface area contributed by atoms with Gasteiger partial charge < -0.3 is 15.0 Å². The minimum Gasteiger partial charge on any atom is -0.442 e. The Morgan fingerprint density at radius 3 is 2.53 bits per heavy atom. The summed E-state index contributed by atoms with van der Waals surface area (Å²) in [5, 5.41) is 14.6. The molecule has 0 radical (unpaired) electrons. The first-order valence-corrected chi connectivity index (χ1v) is 10.5. The van der Waals surface area contributed by atoms with Gasteiger partial charge in [-0.25, -0.2) is 13.6 Å². The van der Waals surface area contributed by atoms with Crippen molar-refractivity contribution in [2.75, 3.05) is 36.0 Å². The molecule has 0 aliphatic carbocycles. The van der Waals surface area contributed by atoms with Gasteiger partial charge >= 0.3 is 6.09 Å². The lowest BCUT2D eigenvalue weighted by atomic mass is 9.93. The number of anilines is 2. The molecule has 0 unspecified atom stereocenters. The normalized spacial score (nSPS) is 19.4. The zero-order valence-corrected chi connectivity index (χ0v) is 17.9. The molecular weight excluding hydrogens is 424 g/mol. The van der Waals surface area contributed by atoms with Crippen molar-refractivity contribution in [2.24, 2.45) is 13.0 Å². The van der Waals surface area contributed by atoms with Gasteiger partial charge in [0.2, 0.25) is 5.91 Å². The molecule has 1 N–H and O–H groups in total. The number of hydrogen-bond acceptors (Lipinski definition) is 7. The van der Waals surface area contributed by atoms with Gasteiger partial charge in [0, 0.05) is 38.6 Å². The van der Waals surface area contributed by atoms with E-state index in [4.69, 9.17) is 4.74 Å². The molecule has 2 aliphatic heterocycles. The lowest BCUT2D eigenvalue weighted by molar-refractivity contribution is -0.119. The molecule has 1 aromatic heterocycles. The van der Waals surface area contributed by atoms with Crippen LogP contribution in [0.3, 0.4) is 0 Å². The minimum atomic E-state index is -0.729. The number of aryl methyl sites for hydroxylation is 1. The number of piperidine rings is 1. The third-order valence-corrected chi connectivity index (χ3v) is 5.72. The summed E-state index contributed by atoms with van der Waals surface area (Å²) in [6.45, 7) is 2.59. The van der Waals surface area contributed by atoms with Crippen LogP contribution in [0.1, 0.15) is 25.6 Å². The zero-order valence-electron chi connectivity index (χ0n) is 17.9. The summed E-state index contributed by atoms with van der Waals surface area (Å²) < 4.78 is 35.0. The van der Waals surface area contributed by atoms with Crippen molar-refractivity contribution in [2.45, 2.75) is 32.3 Å². The number of halogens is 2. The third-order valence-electron chi connectivity index (χ3n) is 5.72. The molecule has 2 fully saturated rings. The molecular formula is C20H25F2N7O3. The van der Waals surface area contributed by atoms with Crippen molar-refractivity contribution < 1.29 is 23.1 Å². The lowest BCUT2D eigenvalue weighted by Crippen LogP contribution is -2.36. The molecule has 1 atom stereocenters. The summed E-state index contributed by atoms with van der Waals surface area (Å²) >= 11 is 0. The average molecular weight is 449 g/mol. The van der Waals surface area contributed by atoms with Gasteiger partial charge in [-0.3, -0.25) is 9.69 Å². The van der Waals surface area contributed by atoms with Crippen molar-refractivity contribution >= 4 is 23.4 Å². The SMILES string of the molecule is CC(=O)NC[C@H]1CN(c2cc(F)c(N3CCC(Cc4nnn(C)n4)CC3)c(F)c2)C(=O)O1. The number of amides is 2. The van der Waals surface area contributed by atoms with Gasteiger partial charge in [0.1, 0.15) is 11.8 Å². The van der Waals surface area contributed by atoms with Gasteiger partial charge in [-0.15, -0.1) is 10.2 Å². The molecule has 172 valence electrons. The van der Waals surface area contributed by atoms with Crippen molar-refractivity contribution in [3.05, 3.63) is 29.6 Å². The molecule has 2 saturated heterocycles. The quantitative estimate of drug-likeness (QED) is 0.711. The van der Waals surface area contributed by atoms with Crippen LogP contribution < -0.4 is 15.1 Å². The van der Waals surface area contributed by atoms with Crippen LogP contribution in [-0.2, 0) is 23.0 Å². The number of cyclic esters (lactones) is 1. The number of hydrogen-bond donors (Lipinski definition) is 1. The van der Waals surface area contributed by atoms with E-state index >= 15 is 0 Å². The third kappa shape index (κ3) is 4.78. The van der Waals surface area contributed by atoms with E-state index in [1.165, 1.54) is 16.6 Å². The number of benzene rings is 1. The molecule has 1 aromatic carbocycles. The van der Waals surface area contributed by atoms with E-state index in [2.05, 4.69) is 20.7 Å². The monoisotopic (exact) mass is 449 g/mol. The molecule has 0 saturated carbocycles. The van der Waals surface area contributed by atoms with E-state index < -0.39 is 23.8 Å². The predicted molar refractivity (Wildman–Crippen MR) is 110 cm³/mol. The summed E-state index contributed by atoms with van der Waals surface area (Å²) in [7, 11) is 1.71. The first kappa shape index (κ1) is 21.9. The van der Waals surface area contributed by atoms with Gasteiger partial charge in [-0.05, 0) is 24.0 Å². The average Bonchev–Trinajstić information content (AvgIpc) is 3.32. The maximum atomic E-state index is 14.9. The Morgan fingerprint density at radius 2 is 1.94 bits per heavy atom. The van der Waals surface area contributed by atoms with Crippen molar-refractivity contribution in [1.29, 1.82) is 0 Å². The van der Waals surface area contributed by atoms with E-state index in [0.717, 1.165) is 25.0 Å². The number of nitrogens with zero attached hydrogens (tertiary/aromatic N) is 6. The smallest absolute Gasteiger partial charge is 0.414 e. The number of ether oxygens (including phenoxy) is 1. The summed E-state index contributed by atoms with van der Waals surface area (Å²) in [5.41, 5.74) is -0.00474. The number of carbonyl (C=O) groups excluding carboxylic acids is 2. The topological polar surface area (TPSA) is 105 Å². The van der Waals surface area contributed by atoms with E-state index in [1.54, 1.807) is 11.9 Å². The molecule has 0 spiro atoms. The van der Waals surface area contributed by atoms with Crippen LogP contribution >= 0.6 is 0 Å². The van der Waals surface area contributed by atoms with E-state index in [-0.39, 0.29) is 30.4 Å². The highest BCUT2D eigenvalue weighted by molar-refractivity contribution is 5.90. The summed E-state index contributed by atoms with van der Waals surface area (Å²) in [6.07, 6.45) is 0.900. The van der Waals surface area contributed by atoms with Crippen LogP contribution in [0.2, 0.25) is 0 Å². The Labute approximate surface area is 183 Å². The second kappa shape index (κ2) is 9.05. The highest BCUT2D eigenvalue weighted by Crippen LogP contribution is 2.33. The Hall–Kier alpha value is -3.31. The number of carbonyl (C=O) groups is 2. The van der Waals surface area contributed by atoms with Crippen LogP contribution in [0.5, 0.6) is 0 Å². The van der Waals surface area contributed by atoms with Crippen LogP contribution in [0, 0.1) is 17.6 Å². The summed E-state index contributed by atoms with van der Waals surface area (Å²) in [5.74, 6) is -0.722. The van der Waals surface area contributed by atoms with Crippen molar-refractivity contribution in [3.63, 3.8) is 0 Å². The Bertz CT molecular complexity index is 984. The first-order chi connectivity index (χ1) is 15.3. The van der Waals surface area contributed by atoms with Gasteiger partial charge in [0.15, 0.2) is 17.5 Å². The summed E-state index contributed by atoms with van der Waals surface area (Å²) in [4.78, 5) is 27.5. The van der Waals surface area contributed by atoms with Gasteiger partial charge in [0.05, 0.1) is 25.8 Å². The fourth-order valence-electron chi connectivity index (χ4n) is 4.13. The lowest BCUT2D eigenvalue weighted by Gasteiger charge is -2.33. The number of rotatable bonds is 6. The van der Waals surface area contributed by atoms with E-state index in [9.17, 15) is 18.4 Å². The number of aromatic nitrogens is 4. The Kier molecular flexibility index (Phi) is 6.19. The Morgan fingerprint density at radius 1 is 1.25 bits per heavy atom. The summed E-state index contributed by atoms with van der Waals surface area (Å²) in [6, 6.07) is 2.30. The molecule has 2 aliphatic rings. The molecule has 3 heterocycles. The standard InChI is InChI=1S/C20H25F2N7O3/c1-12(30)23-10-15-11-29(20(31)32-15)14-8-16(21)19(17(22)9-14)28-5-3-13(4-6-28)7-18-24-26-27(2)25-18/h8-9,13,15H,3-7,10-11H2,1-2H3,(H,23,30)/t15-/m0/s1. The van der Waals surface area contributed by atoms with Crippen molar-refractivity contribution in [1.82, 2.24) is 25.5 Å². The fraction of sp³-hybridized carbons (Fsp3) is 0.550. The molecule has 2 amide bonds. The highest BCUT2D eigenvalue weighted by atomic mass is 19.1.